The molecule has 0 radical (unpaired) electrons. The van der Waals surface area contributed by atoms with Crippen LogP contribution in [0.15, 0.2) is 12.1 Å². The van der Waals surface area contributed by atoms with Gasteiger partial charge in [-0.3, -0.25) is 4.79 Å². The molecular formula is C11H15NO2. The van der Waals surface area contributed by atoms with Gasteiger partial charge in [0, 0.05) is 5.56 Å². The van der Waals surface area contributed by atoms with Crippen LogP contribution in [0.5, 0.6) is 0 Å². The molecule has 0 fully saturated rings. The van der Waals surface area contributed by atoms with Crippen molar-refractivity contribution in [2.24, 2.45) is 5.73 Å². The Balaban J connectivity index is 3.26. The first-order chi connectivity index (χ1) is 6.60. The molecule has 3 nitrogen and oxygen atoms in total. The molecule has 0 saturated heterocycles. The fourth-order valence-electron chi connectivity index (χ4n) is 1.38. The molecule has 1 atom stereocenters. The minimum atomic E-state index is -0.477. The summed E-state index contributed by atoms with van der Waals surface area (Å²) in [5, 5.41) is 8.93. The molecule has 0 spiro atoms. The van der Waals surface area contributed by atoms with Crippen LogP contribution in [-0.2, 0) is 0 Å². The summed E-state index contributed by atoms with van der Waals surface area (Å²) >= 11 is 0. The third-order valence-corrected chi connectivity index (χ3v) is 2.42. The van der Waals surface area contributed by atoms with E-state index in [0.29, 0.717) is 11.1 Å². The average Bonchev–Trinajstić information content (AvgIpc) is 2.20. The molecule has 0 aliphatic rings. The van der Waals surface area contributed by atoms with E-state index in [2.05, 4.69) is 0 Å². The van der Waals surface area contributed by atoms with Crippen LogP contribution in [0.1, 0.15) is 33.1 Å². The Morgan fingerprint density at radius 1 is 1.43 bits per heavy atom. The van der Waals surface area contributed by atoms with Crippen LogP contribution < -0.4 is 5.73 Å². The maximum atomic E-state index is 10.8. The normalized spacial score (nSPS) is 12.6. The lowest BCUT2D eigenvalue weighted by atomic mass is 9.96. The third kappa shape index (κ3) is 2.00. The highest BCUT2D eigenvalue weighted by molar-refractivity contribution is 5.78. The largest absolute Gasteiger partial charge is 0.394 e. The van der Waals surface area contributed by atoms with Gasteiger partial charge < -0.3 is 10.8 Å². The monoisotopic (exact) mass is 193 g/mol. The van der Waals surface area contributed by atoms with Gasteiger partial charge in [-0.1, -0.05) is 6.07 Å². The lowest BCUT2D eigenvalue weighted by molar-refractivity contribution is 0.112. The lowest BCUT2D eigenvalue weighted by Crippen LogP contribution is -2.16. The molecule has 14 heavy (non-hydrogen) atoms. The van der Waals surface area contributed by atoms with E-state index in [1.165, 1.54) is 0 Å². The molecule has 3 heteroatoms. The molecule has 0 aliphatic heterocycles. The molecule has 0 aromatic heterocycles. The molecule has 0 heterocycles. The predicted octanol–water partition coefficient (Wildman–Crippen LogP) is 1.11. The van der Waals surface area contributed by atoms with E-state index in [-0.39, 0.29) is 6.61 Å². The van der Waals surface area contributed by atoms with Crippen molar-refractivity contribution >= 4 is 6.29 Å². The lowest BCUT2D eigenvalue weighted by Gasteiger charge is -2.13. The Morgan fingerprint density at radius 3 is 2.50 bits per heavy atom. The number of aldehydes is 1. The number of hydrogen-bond donors (Lipinski definition) is 2. The van der Waals surface area contributed by atoms with Crippen molar-refractivity contribution in [1.82, 2.24) is 0 Å². The van der Waals surface area contributed by atoms with Gasteiger partial charge >= 0.3 is 0 Å². The van der Waals surface area contributed by atoms with Gasteiger partial charge in [0.05, 0.1) is 12.6 Å². The molecule has 0 amide bonds. The molecule has 76 valence electrons. The third-order valence-electron chi connectivity index (χ3n) is 2.42. The zero-order valence-corrected chi connectivity index (χ0v) is 8.45. The van der Waals surface area contributed by atoms with E-state index < -0.39 is 6.04 Å². The second-order valence-electron chi connectivity index (χ2n) is 3.47. The first-order valence-corrected chi connectivity index (χ1v) is 4.53. The number of benzene rings is 1. The Morgan fingerprint density at radius 2 is 2.00 bits per heavy atom. The van der Waals surface area contributed by atoms with Crippen molar-refractivity contribution in [2.75, 3.05) is 6.61 Å². The maximum Gasteiger partial charge on any atom is 0.150 e. The van der Waals surface area contributed by atoms with Gasteiger partial charge in [-0.05, 0) is 36.6 Å². The summed E-state index contributed by atoms with van der Waals surface area (Å²) < 4.78 is 0. The van der Waals surface area contributed by atoms with Crippen molar-refractivity contribution in [3.63, 3.8) is 0 Å². The molecule has 0 aliphatic carbocycles. The molecule has 0 bridgehead atoms. The number of aliphatic hydroxyl groups is 1. The van der Waals surface area contributed by atoms with E-state index in [4.69, 9.17) is 10.8 Å². The zero-order chi connectivity index (χ0) is 10.7. The summed E-state index contributed by atoms with van der Waals surface area (Å²) in [5.41, 5.74) is 9.09. The number of rotatable bonds is 3. The fraction of sp³-hybridized carbons (Fsp3) is 0.364. The molecular weight excluding hydrogens is 178 g/mol. The van der Waals surface area contributed by atoms with Crippen molar-refractivity contribution in [3.05, 3.63) is 34.4 Å². The van der Waals surface area contributed by atoms with Crippen LogP contribution in [0.25, 0.3) is 0 Å². The number of carbonyl (C=O) groups is 1. The van der Waals surface area contributed by atoms with Crippen LogP contribution in [-0.4, -0.2) is 18.0 Å². The van der Waals surface area contributed by atoms with E-state index in [1.807, 2.05) is 19.9 Å². The molecule has 1 rings (SSSR count). The van der Waals surface area contributed by atoms with Crippen molar-refractivity contribution in [3.8, 4) is 0 Å². The van der Waals surface area contributed by atoms with Crippen molar-refractivity contribution < 1.29 is 9.90 Å². The standard InChI is InChI=1S/C11H15NO2/c1-7-3-9(5-13)10(4-8(7)2)11(12)6-14/h3-5,11,14H,6,12H2,1-2H3. The topological polar surface area (TPSA) is 63.3 Å². The van der Waals surface area contributed by atoms with Gasteiger partial charge in [0.25, 0.3) is 0 Å². The van der Waals surface area contributed by atoms with Gasteiger partial charge in [-0.15, -0.1) is 0 Å². The maximum absolute atomic E-state index is 10.8. The van der Waals surface area contributed by atoms with Crippen LogP contribution in [0.3, 0.4) is 0 Å². The Bertz CT molecular complexity index is 347. The van der Waals surface area contributed by atoms with Crippen LogP contribution >= 0.6 is 0 Å². The Hall–Kier alpha value is -1.19. The number of aryl methyl sites for hydroxylation is 2. The van der Waals surface area contributed by atoms with Crippen molar-refractivity contribution in [2.45, 2.75) is 19.9 Å². The Kier molecular flexibility index (Phi) is 3.38. The number of carbonyl (C=O) groups excluding carboxylic acids is 1. The van der Waals surface area contributed by atoms with Crippen LogP contribution in [0.4, 0.5) is 0 Å². The van der Waals surface area contributed by atoms with E-state index >= 15 is 0 Å². The second-order valence-corrected chi connectivity index (χ2v) is 3.47. The smallest absolute Gasteiger partial charge is 0.150 e. The van der Waals surface area contributed by atoms with Gasteiger partial charge in [0.1, 0.15) is 6.29 Å². The number of hydrogen-bond acceptors (Lipinski definition) is 3. The molecule has 1 aromatic carbocycles. The minimum Gasteiger partial charge on any atom is -0.394 e. The number of aliphatic hydroxyl groups excluding tert-OH is 1. The van der Waals surface area contributed by atoms with Crippen LogP contribution in [0.2, 0.25) is 0 Å². The summed E-state index contributed by atoms with van der Waals surface area (Å²) in [6, 6.07) is 3.18. The molecule has 3 N–H and O–H groups in total. The SMILES string of the molecule is Cc1cc(C=O)c(C(N)CO)cc1C. The fourth-order valence-corrected chi connectivity index (χ4v) is 1.38. The van der Waals surface area contributed by atoms with Gasteiger partial charge in [0.15, 0.2) is 0 Å². The average molecular weight is 193 g/mol. The van der Waals surface area contributed by atoms with E-state index in [0.717, 1.165) is 17.4 Å². The zero-order valence-electron chi connectivity index (χ0n) is 8.45. The van der Waals surface area contributed by atoms with E-state index in [9.17, 15) is 4.79 Å². The number of nitrogens with two attached hydrogens (primary N) is 1. The highest BCUT2D eigenvalue weighted by atomic mass is 16.3. The summed E-state index contributed by atoms with van der Waals surface area (Å²) in [5.74, 6) is 0. The Labute approximate surface area is 83.6 Å². The van der Waals surface area contributed by atoms with Crippen LogP contribution in [0, 0.1) is 13.8 Å². The van der Waals surface area contributed by atoms with Gasteiger partial charge in [-0.2, -0.15) is 0 Å². The highest BCUT2D eigenvalue weighted by Gasteiger charge is 2.11. The predicted molar refractivity (Wildman–Crippen MR) is 55.3 cm³/mol. The van der Waals surface area contributed by atoms with Crippen molar-refractivity contribution in [1.29, 1.82) is 0 Å². The van der Waals surface area contributed by atoms with E-state index in [1.54, 1.807) is 6.07 Å². The van der Waals surface area contributed by atoms with Gasteiger partial charge in [0.2, 0.25) is 0 Å². The summed E-state index contributed by atoms with van der Waals surface area (Å²) in [6.07, 6.45) is 0.775. The minimum absolute atomic E-state index is 0.149. The second kappa shape index (κ2) is 4.35. The summed E-state index contributed by atoms with van der Waals surface area (Å²) in [6.45, 7) is 3.75. The molecule has 1 aromatic rings. The summed E-state index contributed by atoms with van der Waals surface area (Å²) in [4.78, 5) is 10.8. The highest BCUT2D eigenvalue weighted by Crippen LogP contribution is 2.19. The first-order valence-electron chi connectivity index (χ1n) is 4.53. The molecule has 0 saturated carbocycles. The first kappa shape index (κ1) is 10.9. The summed E-state index contributed by atoms with van der Waals surface area (Å²) in [7, 11) is 0. The molecule has 1 unspecified atom stereocenters. The quantitative estimate of drug-likeness (QED) is 0.707. The van der Waals surface area contributed by atoms with Gasteiger partial charge in [-0.25, -0.2) is 0 Å².